The molecule has 0 saturated heterocycles. The van der Waals surface area contributed by atoms with Gasteiger partial charge in [0.1, 0.15) is 0 Å². The van der Waals surface area contributed by atoms with E-state index in [0.29, 0.717) is 21.5 Å². The van der Waals surface area contributed by atoms with E-state index in [9.17, 15) is 0 Å². The lowest BCUT2D eigenvalue weighted by atomic mass is 10.2. The van der Waals surface area contributed by atoms with Crippen LogP contribution in [-0.2, 0) is 0 Å². The molecule has 1 aromatic heterocycles. The fraction of sp³-hybridized carbons (Fsp3) is 0.200. The summed E-state index contributed by atoms with van der Waals surface area (Å²) in [6, 6.07) is 4.84. The Balaban J connectivity index is 2.50. The number of benzene rings is 1. The van der Waals surface area contributed by atoms with Crippen molar-refractivity contribution in [1.29, 1.82) is 0 Å². The molecule has 84 valence electrons. The van der Waals surface area contributed by atoms with Crippen molar-refractivity contribution < 1.29 is 4.42 Å². The number of nitrogens with two attached hydrogens (primary N) is 1. The van der Waals surface area contributed by atoms with Crippen LogP contribution in [0.1, 0.15) is 18.9 Å². The predicted molar refractivity (Wildman–Crippen MR) is 62.4 cm³/mol. The van der Waals surface area contributed by atoms with Crippen molar-refractivity contribution in [3.05, 3.63) is 34.1 Å². The molecule has 1 aromatic carbocycles. The maximum atomic E-state index is 6.01. The van der Waals surface area contributed by atoms with E-state index in [-0.39, 0.29) is 11.9 Å². The van der Waals surface area contributed by atoms with Crippen molar-refractivity contribution in [2.24, 2.45) is 5.73 Å². The SMILES string of the molecule is CC(N)c1nnc(-c2c(Cl)cccc2Cl)o1. The highest BCUT2D eigenvalue weighted by molar-refractivity contribution is 6.38. The van der Waals surface area contributed by atoms with Crippen LogP contribution in [0.15, 0.2) is 22.6 Å². The molecule has 0 fully saturated rings. The Labute approximate surface area is 102 Å². The Hall–Kier alpha value is -1.10. The predicted octanol–water partition coefficient (Wildman–Crippen LogP) is 3.06. The van der Waals surface area contributed by atoms with Gasteiger partial charge < -0.3 is 10.2 Å². The molecule has 2 rings (SSSR count). The molecule has 0 aliphatic heterocycles. The standard InChI is InChI=1S/C10H9Cl2N3O/c1-5(13)9-14-15-10(16-9)8-6(11)3-2-4-7(8)12/h2-5H,13H2,1H3. The molecule has 1 heterocycles. The summed E-state index contributed by atoms with van der Waals surface area (Å²) >= 11 is 12.0. The number of hydrogen-bond acceptors (Lipinski definition) is 4. The fourth-order valence-corrected chi connectivity index (χ4v) is 1.78. The van der Waals surface area contributed by atoms with Gasteiger partial charge >= 0.3 is 0 Å². The van der Waals surface area contributed by atoms with Crippen LogP contribution in [0.2, 0.25) is 10.0 Å². The lowest BCUT2D eigenvalue weighted by Gasteiger charge is -2.01. The number of hydrogen-bond donors (Lipinski definition) is 1. The first kappa shape index (κ1) is 11.4. The van der Waals surface area contributed by atoms with Crippen molar-refractivity contribution in [2.75, 3.05) is 0 Å². The van der Waals surface area contributed by atoms with E-state index in [1.165, 1.54) is 0 Å². The fourth-order valence-electron chi connectivity index (χ4n) is 1.22. The van der Waals surface area contributed by atoms with Crippen molar-refractivity contribution in [1.82, 2.24) is 10.2 Å². The van der Waals surface area contributed by atoms with Crippen LogP contribution in [0.3, 0.4) is 0 Å². The van der Waals surface area contributed by atoms with E-state index in [1.807, 2.05) is 0 Å². The molecular weight excluding hydrogens is 249 g/mol. The van der Waals surface area contributed by atoms with Crippen LogP contribution >= 0.6 is 23.2 Å². The largest absolute Gasteiger partial charge is 0.419 e. The van der Waals surface area contributed by atoms with Gasteiger partial charge in [-0.15, -0.1) is 10.2 Å². The van der Waals surface area contributed by atoms with Crippen LogP contribution in [0.5, 0.6) is 0 Å². The quantitative estimate of drug-likeness (QED) is 0.898. The first-order chi connectivity index (χ1) is 7.59. The molecule has 0 bridgehead atoms. The minimum atomic E-state index is -0.317. The average molecular weight is 258 g/mol. The van der Waals surface area contributed by atoms with Crippen LogP contribution in [0.4, 0.5) is 0 Å². The van der Waals surface area contributed by atoms with E-state index >= 15 is 0 Å². The molecule has 0 saturated carbocycles. The molecule has 16 heavy (non-hydrogen) atoms. The monoisotopic (exact) mass is 257 g/mol. The average Bonchev–Trinajstić information content (AvgIpc) is 2.66. The molecular formula is C10H9Cl2N3O. The van der Waals surface area contributed by atoms with Crippen LogP contribution in [0.25, 0.3) is 11.5 Å². The van der Waals surface area contributed by atoms with Gasteiger partial charge in [0.25, 0.3) is 5.89 Å². The van der Waals surface area contributed by atoms with E-state index in [0.717, 1.165) is 0 Å². The molecule has 0 spiro atoms. The summed E-state index contributed by atoms with van der Waals surface area (Å²) in [6.07, 6.45) is 0. The van der Waals surface area contributed by atoms with Crippen LogP contribution in [-0.4, -0.2) is 10.2 Å². The van der Waals surface area contributed by atoms with Gasteiger partial charge in [-0.25, -0.2) is 0 Å². The van der Waals surface area contributed by atoms with E-state index in [2.05, 4.69) is 10.2 Å². The molecule has 6 heteroatoms. The van der Waals surface area contributed by atoms with Gasteiger partial charge in [-0.05, 0) is 19.1 Å². The van der Waals surface area contributed by atoms with Crippen molar-refractivity contribution in [3.63, 3.8) is 0 Å². The number of nitrogens with zero attached hydrogens (tertiary/aromatic N) is 2. The molecule has 2 N–H and O–H groups in total. The van der Waals surface area contributed by atoms with Gasteiger partial charge in [0.2, 0.25) is 5.89 Å². The third-order valence-corrected chi connectivity index (χ3v) is 2.64. The Morgan fingerprint density at radius 3 is 2.38 bits per heavy atom. The van der Waals surface area contributed by atoms with Gasteiger partial charge in [-0.1, -0.05) is 29.3 Å². The maximum Gasteiger partial charge on any atom is 0.250 e. The normalized spacial score (nSPS) is 12.8. The second-order valence-corrected chi connectivity index (χ2v) is 4.15. The molecule has 4 nitrogen and oxygen atoms in total. The third-order valence-electron chi connectivity index (χ3n) is 2.01. The van der Waals surface area contributed by atoms with Gasteiger partial charge in [0.15, 0.2) is 0 Å². The first-order valence-corrected chi connectivity index (χ1v) is 5.38. The summed E-state index contributed by atoms with van der Waals surface area (Å²) < 4.78 is 5.38. The second-order valence-electron chi connectivity index (χ2n) is 3.33. The minimum absolute atomic E-state index is 0.280. The topological polar surface area (TPSA) is 64.9 Å². The highest BCUT2D eigenvalue weighted by Gasteiger charge is 2.16. The van der Waals surface area contributed by atoms with Crippen LogP contribution < -0.4 is 5.73 Å². The number of aromatic nitrogens is 2. The summed E-state index contributed by atoms with van der Waals surface area (Å²) in [5.41, 5.74) is 6.15. The van der Waals surface area contributed by atoms with Crippen LogP contribution in [0, 0.1) is 0 Å². The molecule has 0 aliphatic rings. The first-order valence-electron chi connectivity index (χ1n) is 4.63. The van der Waals surface area contributed by atoms with Gasteiger partial charge in [0, 0.05) is 0 Å². The molecule has 0 amide bonds. The van der Waals surface area contributed by atoms with E-state index in [1.54, 1.807) is 25.1 Å². The number of rotatable bonds is 2. The molecule has 2 aromatic rings. The van der Waals surface area contributed by atoms with Crippen molar-refractivity contribution in [2.45, 2.75) is 13.0 Å². The van der Waals surface area contributed by atoms with Gasteiger partial charge in [-0.3, -0.25) is 0 Å². The Morgan fingerprint density at radius 2 is 1.88 bits per heavy atom. The lowest BCUT2D eigenvalue weighted by molar-refractivity contribution is 0.473. The smallest absolute Gasteiger partial charge is 0.250 e. The minimum Gasteiger partial charge on any atom is -0.419 e. The van der Waals surface area contributed by atoms with E-state index in [4.69, 9.17) is 33.4 Å². The Kier molecular flexibility index (Phi) is 3.14. The zero-order valence-electron chi connectivity index (χ0n) is 8.45. The molecule has 1 atom stereocenters. The van der Waals surface area contributed by atoms with Gasteiger partial charge in [-0.2, -0.15) is 0 Å². The summed E-state index contributed by atoms with van der Waals surface area (Å²) in [5, 5.41) is 8.61. The zero-order valence-corrected chi connectivity index (χ0v) is 9.96. The lowest BCUT2D eigenvalue weighted by Crippen LogP contribution is -2.04. The van der Waals surface area contributed by atoms with E-state index < -0.39 is 0 Å². The number of halogens is 2. The molecule has 0 aliphatic carbocycles. The summed E-state index contributed by atoms with van der Waals surface area (Å²) in [4.78, 5) is 0. The highest BCUT2D eigenvalue weighted by atomic mass is 35.5. The zero-order chi connectivity index (χ0) is 11.7. The molecule has 1 unspecified atom stereocenters. The highest BCUT2D eigenvalue weighted by Crippen LogP contribution is 2.33. The van der Waals surface area contributed by atoms with Crippen molar-refractivity contribution in [3.8, 4) is 11.5 Å². The third kappa shape index (κ3) is 2.04. The van der Waals surface area contributed by atoms with Gasteiger partial charge in [0.05, 0.1) is 21.7 Å². The summed E-state index contributed by atoms with van der Waals surface area (Å²) in [7, 11) is 0. The Morgan fingerprint density at radius 1 is 1.25 bits per heavy atom. The maximum absolute atomic E-state index is 6.01. The Bertz CT molecular complexity index is 490. The summed E-state index contributed by atoms with van der Waals surface area (Å²) in [6.45, 7) is 1.76. The summed E-state index contributed by atoms with van der Waals surface area (Å²) in [5.74, 6) is 0.633. The second kappa shape index (κ2) is 4.41. The van der Waals surface area contributed by atoms with Crippen molar-refractivity contribution >= 4 is 23.2 Å². The molecule has 0 radical (unpaired) electrons.